The minimum atomic E-state index is -0.465. The van der Waals surface area contributed by atoms with Crippen molar-refractivity contribution < 1.29 is 18.7 Å². The lowest BCUT2D eigenvalue weighted by molar-refractivity contribution is -0.116. The number of para-hydroxylation sites is 2. The number of carbonyl (C=O) groups excluding carboxylic acids is 2. The molecule has 0 bridgehead atoms. The maximum atomic E-state index is 13.5. The van der Waals surface area contributed by atoms with Crippen LogP contribution >= 0.6 is 0 Å². The summed E-state index contributed by atoms with van der Waals surface area (Å²) in [5.74, 6) is -0.610. The Hall–Kier alpha value is -3.87. The lowest BCUT2D eigenvalue weighted by Gasteiger charge is -2.10. The first-order valence-corrected chi connectivity index (χ1v) is 9.00. The molecule has 7 heteroatoms. The van der Waals surface area contributed by atoms with Crippen LogP contribution in [0.5, 0.6) is 5.75 Å². The highest BCUT2D eigenvalue weighted by molar-refractivity contribution is 6.00. The molecular formula is C22H20FN3O3. The summed E-state index contributed by atoms with van der Waals surface area (Å²) in [6.45, 7) is 0.0616. The van der Waals surface area contributed by atoms with E-state index < -0.39 is 5.82 Å². The van der Waals surface area contributed by atoms with Crippen LogP contribution in [0.15, 0.2) is 78.9 Å². The summed E-state index contributed by atoms with van der Waals surface area (Å²) >= 11 is 0. The first-order chi connectivity index (χ1) is 14.1. The molecule has 3 aromatic carbocycles. The fraction of sp³-hybridized carbons (Fsp3) is 0.0909. The van der Waals surface area contributed by atoms with E-state index in [4.69, 9.17) is 4.74 Å². The molecule has 0 aliphatic heterocycles. The van der Waals surface area contributed by atoms with E-state index >= 15 is 0 Å². The fourth-order valence-corrected chi connectivity index (χ4v) is 2.49. The molecule has 3 N–H and O–H groups in total. The molecule has 6 nitrogen and oxygen atoms in total. The number of urea groups is 1. The van der Waals surface area contributed by atoms with E-state index in [0.717, 1.165) is 0 Å². The number of hydrogen-bond acceptors (Lipinski definition) is 3. The van der Waals surface area contributed by atoms with Crippen LogP contribution in [-0.2, 0) is 4.79 Å². The first-order valence-electron chi connectivity index (χ1n) is 9.00. The Morgan fingerprint density at radius 1 is 0.724 bits per heavy atom. The summed E-state index contributed by atoms with van der Waals surface area (Å²) in [4.78, 5) is 24.0. The number of ether oxygens (including phenoxy) is 1. The van der Waals surface area contributed by atoms with Crippen molar-refractivity contribution in [2.75, 3.05) is 22.6 Å². The maximum absolute atomic E-state index is 13.5. The monoisotopic (exact) mass is 393 g/mol. The summed E-state index contributed by atoms with van der Waals surface area (Å²) in [5.41, 5.74) is 1.85. The van der Waals surface area contributed by atoms with Crippen molar-refractivity contribution >= 4 is 29.0 Å². The Morgan fingerprint density at radius 3 is 1.93 bits per heavy atom. The Balaban J connectivity index is 1.43. The molecule has 0 saturated carbocycles. The van der Waals surface area contributed by atoms with Crippen molar-refractivity contribution in [1.82, 2.24) is 0 Å². The van der Waals surface area contributed by atoms with Gasteiger partial charge in [0.25, 0.3) is 0 Å². The average molecular weight is 393 g/mol. The zero-order valence-electron chi connectivity index (χ0n) is 15.5. The molecule has 3 aromatic rings. The van der Waals surface area contributed by atoms with Gasteiger partial charge in [0.05, 0.1) is 13.0 Å². The maximum Gasteiger partial charge on any atom is 0.323 e. The van der Waals surface area contributed by atoms with Gasteiger partial charge in [0, 0.05) is 17.1 Å². The second-order valence-corrected chi connectivity index (χ2v) is 6.10. The van der Waals surface area contributed by atoms with Crippen LogP contribution < -0.4 is 20.7 Å². The molecule has 0 aliphatic carbocycles. The number of nitrogens with one attached hydrogen (secondary N) is 3. The third-order valence-electron chi connectivity index (χ3n) is 3.88. The van der Waals surface area contributed by atoms with E-state index in [1.165, 1.54) is 12.1 Å². The standard InChI is InChI=1S/C22H20FN3O3/c23-19-8-4-5-9-20(19)29-15-14-21(27)24-17-10-12-18(13-11-17)26-22(28)25-16-6-2-1-3-7-16/h1-13H,14-15H2,(H,24,27)(H2,25,26,28). The lowest BCUT2D eigenvalue weighted by atomic mass is 10.2. The van der Waals surface area contributed by atoms with Gasteiger partial charge in [-0.1, -0.05) is 30.3 Å². The molecular weight excluding hydrogens is 373 g/mol. The summed E-state index contributed by atoms with van der Waals surface area (Å²) in [7, 11) is 0. The van der Waals surface area contributed by atoms with E-state index in [9.17, 15) is 14.0 Å². The molecule has 0 heterocycles. The Labute approximate surface area is 167 Å². The summed E-state index contributed by atoms with van der Waals surface area (Å²) < 4.78 is 18.7. The highest BCUT2D eigenvalue weighted by Crippen LogP contribution is 2.17. The van der Waals surface area contributed by atoms with Gasteiger partial charge in [-0.25, -0.2) is 9.18 Å². The van der Waals surface area contributed by atoms with Crippen LogP contribution in [0.4, 0.5) is 26.2 Å². The van der Waals surface area contributed by atoms with Crippen molar-refractivity contribution in [2.45, 2.75) is 6.42 Å². The van der Waals surface area contributed by atoms with Gasteiger partial charge in [0.1, 0.15) is 0 Å². The zero-order valence-corrected chi connectivity index (χ0v) is 15.5. The van der Waals surface area contributed by atoms with Crippen molar-refractivity contribution in [2.24, 2.45) is 0 Å². The number of halogens is 1. The minimum absolute atomic E-state index is 0.0616. The van der Waals surface area contributed by atoms with Crippen molar-refractivity contribution in [3.63, 3.8) is 0 Å². The number of benzene rings is 3. The normalized spacial score (nSPS) is 10.1. The average Bonchev–Trinajstić information content (AvgIpc) is 2.71. The second kappa shape index (κ2) is 9.89. The molecule has 0 atom stereocenters. The van der Waals surface area contributed by atoms with Crippen LogP contribution in [0, 0.1) is 5.82 Å². The van der Waals surface area contributed by atoms with Crippen LogP contribution in [-0.4, -0.2) is 18.5 Å². The highest BCUT2D eigenvalue weighted by Gasteiger charge is 2.06. The van der Waals surface area contributed by atoms with Crippen molar-refractivity contribution in [3.05, 3.63) is 84.7 Å². The smallest absolute Gasteiger partial charge is 0.323 e. The molecule has 3 rings (SSSR count). The van der Waals surface area contributed by atoms with E-state index in [-0.39, 0.29) is 30.7 Å². The van der Waals surface area contributed by atoms with Gasteiger partial charge in [0.15, 0.2) is 11.6 Å². The van der Waals surface area contributed by atoms with Crippen molar-refractivity contribution in [1.29, 1.82) is 0 Å². The zero-order chi connectivity index (χ0) is 20.5. The molecule has 148 valence electrons. The van der Waals surface area contributed by atoms with Gasteiger partial charge in [-0.2, -0.15) is 0 Å². The van der Waals surface area contributed by atoms with Gasteiger partial charge < -0.3 is 20.7 Å². The predicted molar refractivity (Wildman–Crippen MR) is 111 cm³/mol. The first kappa shape index (κ1) is 19.9. The topological polar surface area (TPSA) is 79.5 Å². The van der Waals surface area contributed by atoms with Crippen LogP contribution in [0.1, 0.15) is 6.42 Å². The Morgan fingerprint density at radius 2 is 1.28 bits per heavy atom. The molecule has 0 spiro atoms. The van der Waals surface area contributed by atoms with Crippen LogP contribution in [0.3, 0.4) is 0 Å². The third-order valence-corrected chi connectivity index (χ3v) is 3.88. The summed E-state index contributed by atoms with van der Waals surface area (Å²) in [6.07, 6.45) is 0.0772. The fourth-order valence-electron chi connectivity index (χ4n) is 2.49. The number of hydrogen-bond donors (Lipinski definition) is 3. The van der Waals surface area contributed by atoms with E-state index in [1.807, 2.05) is 18.2 Å². The van der Waals surface area contributed by atoms with E-state index in [0.29, 0.717) is 17.1 Å². The molecule has 0 radical (unpaired) electrons. The lowest BCUT2D eigenvalue weighted by Crippen LogP contribution is -2.19. The van der Waals surface area contributed by atoms with E-state index in [2.05, 4.69) is 16.0 Å². The molecule has 0 aliphatic rings. The number of anilines is 3. The predicted octanol–water partition coefficient (Wildman–Crippen LogP) is 4.88. The molecule has 0 aromatic heterocycles. The minimum Gasteiger partial charge on any atom is -0.490 e. The second-order valence-electron chi connectivity index (χ2n) is 6.10. The Bertz CT molecular complexity index is 963. The van der Waals surface area contributed by atoms with E-state index in [1.54, 1.807) is 48.5 Å². The summed E-state index contributed by atoms with van der Waals surface area (Å²) in [6, 6.07) is 21.5. The molecule has 0 fully saturated rings. The van der Waals surface area contributed by atoms with Gasteiger partial charge in [-0.3, -0.25) is 4.79 Å². The molecule has 3 amide bonds. The van der Waals surface area contributed by atoms with Gasteiger partial charge in [-0.15, -0.1) is 0 Å². The number of carbonyl (C=O) groups is 2. The van der Waals surface area contributed by atoms with Crippen LogP contribution in [0.2, 0.25) is 0 Å². The molecule has 0 saturated heterocycles. The third kappa shape index (κ3) is 6.35. The van der Waals surface area contributed by atoms with Crippen molar-refractivity contribution in [3.8, 4) is 5.75 Å². The van der Waals surface area contributed by atoms with Gasteiger partial charge >= 0.3 is 6.03 Å². The quantitative estimate of drug-likeness (QED) is 0.535. The summed E-state index contributed by atoms with van der Waals surface area (Å²) in [5, 5.41) is 8.15. The van der Waals surface area contributed by atoms with Gasteiger partial charge in [-0.05, 0) is 48.5 Å². The number of rotatable bonds is 7. The highest BCUT2D eigenvalue weighted by atomic mass is 19.1. The Kier molecular flexibility index (Phi) is 6.78. The number of amides is 3. The molecule has 0 unspecified atom stereocenters. The molecule has 29 heavy (non-hydrogen) atoms. The SMILES string of the molecule is O=C(CCOc1ccccc1F)Nc1ccc(NC(=O)Nc2ccccc2)cc1. The van der Waals surface area contributed by atoms with Crippen LogP contribution in [0.25, 0.3) is 0 Å². The largest absolute Gasteiger partial charge is 0.490 e. The van der Waals surface area contributed by atoms with Gasteiger partial charge in [0.2, 0.25) is 5.91 Å².